The Kier molecular flexibility index (Phi) is 13.0. The average molecular weight is 580 g/mol. The van der Waals surface area contributed by atoms with Crippen LogP contribution in [0.2, 0.25) is 0 Å². The van der Waals surface area contributed by atoms with Gasteiger partial charge in [-0.3, -0.25) is 9.98 Å². The van der Waals surface area contributed by atoms with Crippen LogP contribution in [0.4, 0.5) is 0 Å². The van der Waals surface area contributed by atoms with Crippen molar-refractivity contribution in [2.75, 3.05) is 13.1 Å². The fourth-order valence-electron chi connectivity index (χ4n) is 5.88. The van der Waals surface area contributed by atoms with Crippen LogP contribution < -0.4 is 0 Å². The fraction of sp³-hybridized carbons (Fsp3) is 0.462. The summed E-state index contributed by atoms with van der Waals surface area (Å²) in [5, 5.41) is 10.9. The lowest BCUT2D eigenvalue weighted by Crippen LogP contribution is -2.28. The molecule has 3 rings (SSSR count). The van der Waals surface area contributed by atoms with Crippen molar-refractivity contribution in [2.24, 2.45) is 16.8 Å². The molecule has 1 aromatic rings. The summed E-state index contributed by atoms with van der Waals surface area (Å²) in [6, 6.07) is 4.08. The quantitative estimate of drug-likeness (QED) is 0.171. The molecule has 1 fully saturated rings. The van der Waals surface area contributed by atoms with Gasteiger partial charge in [-0.05, 0) is 111 Å². The van der Waals surface area contributed by atoms with Crippen molar-refractivity contribution in [1.29, 1.82) is 0 Å². The number of nitrogens with zero attached hydrogens (tertiary/aromatic N) is 3. The zero-order valence-electron chi connectivity index (χ0n) is 27.7. The Morgan fingerprint density at radius 1 is 1.16 bits per heavy atom. The molecule has 43 heavy (non-hydrogen) atoms. The van der Waals surface area contributed by atoms with Gasteiger partial charge < -0.3 is 10.0 Å². The van der Waals surface area contributed by atoms with Gasteiger partial charge in [0.1, 0.15) is 0 Å². The highest BCUT2D eigenvalue weighted by atomic mass is 16.3. The number of aliphatic hydroxyl groups is 1. The van der Waals surface area contributed by atoms with Crippen LogP contribution in [0.15, 0.2) is 101 Å². The predicted molar refractivity (Wildman–Crippen MR) is 186 cm³/mol. The second kappa shape index (κ2) is 16.4. The van der Waals surface area contributed by atoms with E-state index in [1.807, 2.05) is 19.2 Å². The molecule has 0 spiro atoms. The number of hydrogen-bond donors (Lipinski definition) is 1. The van der Waals surface area contributed by atoms with Crippen molar-refractivity contribution in [3.63, 3.8) is 0 Å². The molecule has 0 radical (unpaired) electrons. The molecule has 4 nitrogen and oxygen atoms in total. The lowest BCUT2D eigenvalue weighted by atomic mass is 9.83. The standard InChI is InChI=1S/C39H53N3O/c1-10-14-15-36-28(6)19-21-42(26-31(36)9)35(13-4)17-16-34-23-30(8)39(43)25-38(41-34)37-24-33(18-20-40-37)32(12-3)22-29(7)27(5)11-2/h11,13,16-18,20,24-25,31,36,39,43H,6,8,10,12,14-15,19,21,23,26H2,1-5,7,9H3/b17-16-,27-11-,35-13+/t22?,31-,36?,39?/m1/s1. The molecule has 0 amide bonds. The van der Waals surface area contributed by atoms with Crippen LogP contribution in [0.3, 0.4) is 0 Å². The molecule has 2 aliphatic rings. The molecule has 0 aromatic carbocycles. The van der Waals surface area contributed by atoms with Crippen molar-refractivity contribution >= 4 is 17.0 Å². The maximum atomic E-state index is 10.9. The highest BCUT2D eigenvalue weighted by Gasteiger charge is 2.26. The molecular formula is C39H53N3O. The first kappa shape index (κ1) is 34.0. The molecule has 1 aromatic heterocycles. The summed E-state index contributed by atoms with van der Waals surface area (Å²) in [7, 11) is 0. The Morgan fingerprint density at radius 3 is 2.60 bits per heavy atom. The average Bonchev–Trinajstić information content (AvgIpc) is 3.24. The topological polar surface area (TPSA) is 48.7 Å². The van der Waals surface area contributed by atoms with E-state index in [1.165, 1.54) is 36.1 Å². The van der Waals surface area contributed by atoms with Gasteiger partial charge in [0.2, 0.25) is 0 Å². The Hall–Kier alpha value is -3.46. The van der Waals surface area contributed by atoms with Crippen LogP contribution >= 0.6 is 0 Å². The number of aliphatic imine (C=N–C) groups is 1. The number of aromatic nitrogens is 1. The van der Waals surface area contributed by atoms with Crippen molar-refractivity contribution in [3.8, 4) is 0 Å². The van der Waals surface area contributed by atoms with E-state index in [2.05, 4.69) is 101 Å². The first-order valence-electron chi connectivity index (χ1n) is 16.1. The van der Waals surface area contributed by atoms with Crippen LogP contribution in [0.5, 0.6) is 0 Å². The summed E-state index contributed by atoms with van der Waals surface area (Å²) < 4.78 is 0. The zero-order valence-corrected chi connectivity index (χ0v) is 27.7. The van der Waals surface area contributed by atoms with Crippen LogP contribution in [-0.2, 0) is 0 Å². The van der Waals surface area contributed by atoms with Gasteiger partial charge in [-0.2, -0.15) is 0 Å². The van der Waals surface area contributed by atoms with E-state index in [0.717, 1.165) is 59.6 Å². The first-order valence-corrected chi connectivity index (χ1v) is 16.1. The molecule has 0 bridgehead atoms. The van der Waals surface area contributed by atoms with Gasteiger partial charge in [-0.15, -0.1) is 5.73 Å². The lowest BCUT2D eigenvalue weighted by Gasteiger charge is -2.28. The van der Waals surface area contributed by atoms with Gasteiger partial charge in [0.25, 0.3) is 0 Å². The number of pyridine rings is 1. The maximum Gasteiger partial charge on any atom is 0.0957 e. The van der Waals surface area contributed by atoms with Crippen LogP contribution in [0, 0.1) is 11.8 Å². The Bertz CT molecular complexity index is 1390. The molecule has 2 unspecified atom stereocenters. The number of hydrogen-bond acceptors (Lipinski definition) is 4. The second-order valence-electron chi connectivity index (χ2n) is 12.0. The largest absolute Gasteiger partial charge is 0.385 e. The highest BCUT2D eigenvalue weighted by molar-refractivity contribution is 6.01. The molecular weight excluding hydrogens is 526 g/mol. The molecule has 2 aliphatic heterocycles. The SMILES string of the molecule is C=C1CC(/C=C\C(=C/C)N2CCC(=C)C(CCCC)[C@H](C)C2)=NC(c2cc(C(=C=C(C)/C(C)=C\C)CC)ccn2)=CC1O. The summed E-state index contributed by atoms with van der Waals surface area (Å²) in [6.45, 7) is 25.8. The smallest absolute Gasteiger partial charge is 0.0957 e. The number of unbranched alkanes of at least 4 members (excludes halogenated alkanes) is 1. The van der Waals surface area contributed by atoms with Crippen molar-refractivity contribution < 1.29 is 5.11 Å². The Balaban J connectivity index is 1.92. The van der Waals surface area contributed by atoms with Crippen LogP contribution in [-0.4, -0.2) is 39.9 Å². The van der Waals surface area contributed by atoms with Crippen molar-refractivity contribution in [3.05, 3.63) is 107 Å². The van der Waals surface area contributed by atoms with Gasteiger partial charge in [0.15, 0.2) is 0 Å². The van der Waals surface area contributed by atoms with E-state index in [0.29, 0.717) is 24.0 Å². The second-order valence-corrected chi connectivity index (χ2v) is 12.0. The summed E-state index contributed by atoms with van der Waals surface area (Å²) in [5.74, 6) is 1.15. The molecule has 4 heteroatoms. The number of likely N-dealkylation sites (tertiary alicyclic amines) is 1. The third-order valence-corrected chi connectivity index (χ3v) is 8.89. The molecule has 3 atom stereocenters. The molecule has 1 N–H and O–H groups in total. The fourth-order valence-corrected chi connectivity index (χ4v) is 5.88. The highest BCUT2D eigenvalue weighted by Crippen LogP contribution is 2.33. The predicted octanol–water partition coefficient (Wildman–Crippen LogP) is 9.65. The van der Waals surface area contributed by atoms with Gasteiger partial charge in [-0.25, -0.2) is 0 Å². The minimum atomic E-state index is -0.783. The van der Waals surface area contributed by atoms with E-state index in [-0.39, 0.29) is 0 Å². The molecule has 230 valence electrons. The maximum absolute atomic E-state index is 10.9. The summed E-state index contributed by atoms with van der Waals surface area (Å²) in [6.07, 6.45) is 17.4. The molecule has 3 heterocycles. The minimum Gasteiger partial charge on any atom is -0.385 e. The van der Waals surface area contributed by atoms with Crippen molar-refractivity contribution in [2.45, 2.75) is 93.1 Å². The van der Waals surface area contributed by atoms with E-state index >= 15 is 0 Å². The summed E-state index contributed by atoms with van der Waals surface area (Å²) in [5.41, 5.74) is 13.7. The zero-order chi connectivity index (χ0) is 31.5. The van der Waals surface area contributed by atoms with Gasteiger partial charge in [0.05, 0.1) is 17.5 Å². The van der Waals surface area contributed by atoms with Crippen LogP contribution in [0.1, 0.15) is 98.2 Å². The monoisotopic (exact) mass is 579 g/mol. The molecule has 0 saturated carbocycles. The Labute approximate surface area is 261 Å². The normalized spacial score (nSPS) is 22.1. The summed E-state index contributed by atoms with van der Waals surface area (Å²) >= 11 is 0. The van der Waals surface area contributed by atoms with Gasteiger partial charge >= 0.3 is 0 Å². The molecule has 1 saturated heterocycles. The first-order chi connectivity index (χ1) is 20.6. The molecule has 0 aliphatic carbocycles. The van der Waals surface area contributed by atoms with Crippen LogP contribution in [0.25, 0.3) is 11.3 Å². The van der Waals surface area contributed by atoms with Gasteiger partial charge in [0, 0.05) is 42.7 Å². The third-order valence-electron chi connectivity index (χ3n) is 8.89. The van der Waals surface area contributed by atoms with E-state index in [9.17, 15) is 5.11 Å². The third kappa shape index (κ3) is 9.26. The van der Waals surface area contributed by atoms with E-state index < -0.39 is 6.10 Å². The van der Waals surface area contributed by atoms with E-state index in [4.69, 9.17) is 4.99 Å². The summed E-state index contributed by atoms with van der Waals surface area (Å²) in [4.78, 5) is 12.2. The van der Waals surface area contributed by atoms with Gasteiger partial charge in [-0.1, -0.05) is 64.5 Å². The number of rotatable bonds is 10. The lowest BCUT2D eigenvalue weighted by molar-refractivity contribution is 0.259. The van der Waals surface area contributed by atoms with E-state index in [1.54, 1.807) is 6.08 Å². The number of aliphatic hydroxyl groups excluding tert-OH is 1. The Morgan fingerprint density at radius 2 is 1.93 bits per heavy atom. The van der Waals surface area contributed by atoms with Crippen molar-refractivity contribution in [1.82, 2.24) is 9.88 Å². The number of allylic oxidation sites excluding steroid dienone is 6. The minimum absolute atomic E-state index is 0.505.